The topological polar surface area (TPSA) is 66.9 Å². The minimum atomic E-state index is -0.168. The molecule has 1 atom stereocenters. The summed E-state index contributed by atoms with van der Waals surface area (Å²) in [4.78, 5) is 20.1. The number of amides is 1. The van der Waals surface area contributed by atoms with E-state index in [0.29, 0.717) is 17.4 Å². The molecule has 0 aliphatic carbocycles. The summed E-state index contributed by atoms with van der Waals surface area (Å²) in [5, 5.41) is 5.95. The summed E-state index contributed by atoms with van der Waals surface area (Å²) in [6.07, 6.45) is 4.02. The molecule has 100 valence electrons. The number of hydrogen-bond donors (Lipinski definition) is 2. The fraction of sp³-hybridized carbons (Fsp3) is 0.615. The molecule has 1 rings (SSSR count). The Kier molecular flexibility index (Phi) is 5.55. The van der Waals surface area contributed by atoms with Gasteiger partial charge in [-0.1, -0.05) is 13.8 Å². The van der Waals surface area contributed by atoms with Crippen LogP contribution >= 0.6 is 0 Å². The van der Waals surface area contributed by atoms with E-state index in [-0.39, 0.29) is 11.9 Å². The second kappa shape index (κ2) is 6.93. The van der Waals surface area contributed by atoms with Crippen molar-refractivity contribution in [1.82, 2.24) is 15.3 Å². The molecular formula is C13H22N4O. The average molecular weight is 250 g/mol. The van der Waals surface area contributed by atoms with Crippen LogP contribution in [-0.2, 0) is 0 Å². The lowest BCUT2D eigenvalue weighted by Crippen LogP contribution is -2.34. The van der Waals surface area contributed by atoms with E-state index >= 15 is 0 Å². The van der Waals surface area contributed by atoms with E-state index in [4.69, 9.17) is 0 Å². The van der Waals surface area contributed by atoms with Crippen LogP contribution in [0.4, 0.5) is 5.82 Å². The van der Waals surface area contributed by atoms with E-state index in [0.717, 1.165) is 13.0 Å². The van der Waals surface area contributed by atoms with Crippen LogP contribution in [0.5, 0.6) is 0 Å². The van der Waals surface area contributed by atoms with Crippen molar-refractivity contribution in [3.8, 4) is 0 Å². The Morgan fingerprint density at radius 1 is 1.28 bits per heavy atom. The molecule has 1 unspecified atom stereocenters. The van der Waals surface area contributed by atoms with E-state index < -0.39 is 0 Å². The van der Waals surface area contributed by atoms with Crippen molar-refractivity contribution in [3.63, 3.8) is 0 Å². The molecule has 5 nitrogen and oxygen atoms in total. The summed E-state index contributed by atoms with van der Waals surface area (Å²) >= 11 is 0. The van der Waals surface area contributed by atoms with E-state index in [9.17, 15) is 4.79 Å². The molecule has 1 aromatic heterocycles. The van der Waals surface area contributed by atoms with Gasteiger partial charge in [0.15, 0.2) is 0 Å². The molecule has 0 aliphatic rings. The second-order valence-corrected chi connectivity index (χ2v) is 4.82. The highest BCUT2D eigenvalue weighted by Crippen LogP contribution is 2.05. The Morgan fingerprint density at radius 2 is 2.00 bits per heavy atom. The number of carbonyl (C=O) groups is 1. The van der Waals surface area contributed by atoms with E-state index in [1.807, 2.05) is 13.8 Å². The second-order valence-electron chi connectivity index (χ2n) is 4.82. The summed E-state index contributed by atoms with van der Waals surface area (Å²) in [6, 6.07) is 0.146. The minimum Gasteiger partial charge on any atom is -0.369 e. The first-order valence-corrected chi connectivity index (χ1v) is 6.39. The summed E-state index contributed by atoms with van der Waals surface area (Å²) in [6.45, 7) is 9.03. The lowest BCUT2D eigenvalue weighted by atomic mass is 10.1. The van der Waals surface area contributed by atoms with Crippen LogP contribution in [0.2, 0.25) is 0 Å². The minimum absolute atomic E-state index is 0.146. The molecule has 1 amide bonds. The van der Waals surface area contributed by atoms with Gasteiger partial charge in [-0.2, -0.15) is 0 Å². The van der Waals surface area contributed by atoms with E-state index in [1.54, 1.807) is 6.20 Å². The molecule has 0 bridgehead atoms. The standard InChI is InChI=1S/C13H22N4O/c1-5-14-12-8-15-11(7-16-12)13(18)17-10(4)6-9(2)3/h7-10H,5-6H2,1-4H3,(H,14,16)(H,17,18). The lowest BCUT2D eigenvalue weighted by molar-refractivity contribution is 0.0930. The van der Waals surface area contributed by atoms with Crippen molar-refractivity contribution >= 4 is 11.7 Å². The maximum absolute atomic E-state index is 11.9. The fourth-order valence-corrected chi connectivity index (χ4v) is 1.78. The Bertz CT molecular complexity index is 375. The maximum atomic E-state index is 11.9. The lowest BCUT2D eigenvalue weighted by Gasteiger charge is -2.15. The largest absolute Gasteiger partial charge is 0.369 e. The zero-order valence-corrected chi connectivity index (χ0v) is 11.5. The third-order valence-corrected chi connectivity index (χ3v) is 2.44. The SMILES string of the molecule is CCNc1cnc(C(=O)NC(C)CC(C)C)cn1. The molecule has 1 aromatic rings. The molecule has 1 heterocycles. The summed E-state index contributed by atoms with van der Waals surface area (Å²) in [5.74, 6) is 1.07. The van der Waals surface area contributed by atoms with Gasteiger partial charge in [0.05, 0.1) is 12.4 Å². The molecule has 0 radical (unpaired) electrons. The monoisotopic (exact) mass is 250 g/mol. The molecule has 2 N–H and O–H groups in total. The Hall–Kier alpha value is -1.65. The molecule has 0 saturated heterocycles. The van der Waals surface area contributed by atoms with Gasteiger partial charge < -0.3 is 10.6 Å². The number of aromatic nitrogens is 2. The van der Waals surface area contributed by atoms with Crippen molar-refractivity contribution in [2.45, 2.75) is 40.2 Å². The van der Waals surface area contributed by atoms with Crippen molar-refractivity contribution in [2.24, 2.45) is 5.92 Å². The third kappa shape index (κ3) is 4.69. The number of nitrogens with one attached hydrogen (secondary N) is 2. The highest BCUT2D eigenvalue weighted by Gasteiger charge is 2.12. The van der Waals surface area contributed by atoms with Crippen molar-refractivity contribution in [3.05, 3.63) is 18.1 Å². The molecule has 0 saturated carbocycles. The molecule has 0 fully saturated rings. The number of rotatable bonds is 6. The first-order valence-electron chi connectivity index (χ1n) is 6.39. The zero-order chi connectivity index (χ0) is 13.5. The predicted octanol–water partition coefficient (Wildman–Crippen LogP) is 2.07. The van der Waals surface area contributed by atoms with Gasteiger partial charge in [0.25, 0.3) is 5.91 Å². The summed E-state index contributed by atoms with van der Waals surface area (Å²) in [5.41, 5.74) is 0.354. The quantitative estimate of drug-likeness (QED) is 0.811. The van der Waals surface area contributed by atoms with Crippen LogP contribution < -0.4 is 10.6 Å². The smallest absolute Gasteiger partial charge is 0.271 e. The van der Waals surface area contributed by atoms with Gasteiger partial charge in [0.2, 0.25) is 0 Å². The zero-order valence-electron chi connectivity index (χ0n) is 11.5. The normalized spacial score (nSPS) is 12.3. The van der Waals surface area contributed by atoms with Gasteiger partial charge in [-0.05, 0) is 26.2 Å². The molecule has 18 heavy (non-hydrogen) atoms. The number of hydrogen-bond acceptors (Lipinski definition) is 4. The highest BCUT2D eigenvalue weighted by molar-refractivity contribution is 5.92. The summed E-state index contributed by atoms with van der Waals surface area (Å²) < 4.78 is 0. The van der Waals surface area contributed by atoms with Crippen LogP contribution in [0, 0.1) is 5.92 Å². The number of carbonyl (C=O) groups excluding carboxylic acids is 1. The number of nitrogens with zero attached hydrogens (tertiary/aromatic N) is 2. The summed E-state index contributed by atoms with van der Waals surface area (Å²) in [7, 11) is 0. The van der Waals surface area contributed by atoms with Crippen molar-refractivity contribution in [1.29, 1.82) is 0 Å². The number of anilines is 1. The van der Waals surface area contributed by atoms with Crippen LogP contribution in [0.15, 0.2) is 12.4 Å². The van der Waals surface area contributed by atoms with Crippen molar-refractivity contribution in [2.75, 3.05) is 11.9 Å². The van der Waals surface area contributed by atoms with Crippen LogP contribution in [0.25, 0.3) is 0 Å². The molecule has 5 heteroatoms. The molecule has 0 spiro atoms. The third-order valence-electron chi connectivity index (χ3n) is 2.44. The molecule has 0 aliphatic heterocycles. The van der Waals surface area contributed by atoms with Gasteiger partial charge in [-0.25, -0.2) is 9.97 Å². The van der Waals surface area contributed by atoms with Gasteiger partial charge >= 0.3 is 0 Å². The van der Waals surface area contributed by atoms with Gasteiger partial charge in [0.1, 0.15) is 11.5 Å². The molecule has 0 aromatic carbocycles. The average Bonchev–Trinajstić information content (AvgIpc) is 2.29. The van der Waals surface area contributed by atoms with E-state index in [1.165, 1.54) is 6.20 Å². The first-order chi connectivity index (χ1) is 8.52. The van der Waals surface area contributed by atoms with E-state index in [2.05, 4.69) is 34.4 Å². The fourth-order valence-electron chi connectivity index (χ4n) is 1.78. The molecular weight excluding hydrogens is 228 g/mol. The van der Waals surface area contributed by atoms with Gasteiger partial charge in [0, 0.05) is 12.6 Å². The van der Waals surface area contributed by atoms with Crippen LogP contribution in [0.1, 0.15) is 44.6 Å². The highest BCUT2D eigenvalue weighted by atomic mass is 16.1. The van der Waals surface area contributed by atoms with Crippen LogP contribution in [-0.4, -0.2) is 28.5 Å². The Morgan fingerprint density at radius 3 is 2.50 bits per heavy atom. The first kappa shape index (κ1) is 14.4. The predicted molar refractivity (Wildman–Crippen MR) is 72.6 cm³/mol. The van der Waals surface area contributed by atoms with Crippen LogP contribution in [0.3, 0.4) is 0 Å². The van der Waals surface area contributed by atoms with Gasteiger partial charge in [-0.3, -0.25) is 4.79 Å². The Balaban J connectivity index is 2.56. The maximum Gasteiger partial charge on any atom is 0.271 e. The Labute approximate surface area is 108 Å². The van der Waals surface area contributed by atoms with Gasteiger partial charge in [-0.15, -0.1) is 0 Å². The van der Waals surface area contributed by atoms with Crippen molar-refractivity contribution < 1.29 is 4.79 Å².